The summed E-state index contributed by atoms with van der Waals surface area (Å²) in [5, 5.41) is 0. The van der Waals surface area contributed by atoms with Crippen LogP contribution in [0.5, 0.6) is 0 Å². The molecule has 1 aromatic carbocycles. The molecule has 0 unspecified atom stereocenters. The van der Waals surface area contributed by atoms with Gasteiger partial charge in [0.25, 0.3) is 0 Å². The fourth-order valence-electron chi connectivity index (χ4n) is 4.81. The molecule has 172 valence electrons. The zero-order chi connectivity index (χ0) is 21.8. The molecular formula is C25H41F3OSi. The van der Waals surface area contributed by atoms with Gasteiger partial charge in [-0.25, -0.2) is 13.2 Å². The van der Waals surface area contributed by atoms with Crippen LogP contribution in [0.4, 0.5) is 13.2 Å². The summed E-state index contributed by atoms with van der Waals surface area (Å²) >= 11 is 0. The van der Waals surface area contributed by atoms with E-state index >= 15 is 0 Å². The molecule has 1 fully saturated rings. The number of methoxy groups -OCH3 is 1. The summed E-state index contributed by atoms with van der Waals surface area (Å²) in [5.41, 5.74) is 0.709. The fourth-order valence-corrected chi connectivity index (χ4v) is 8.29. The number of ether oxygens (including phenoxy) is 1. The van der Waals surface area contributed by atoms with Crippen LogP contribution in [0.1, 0.15) is 88.2 Å². The normalized spacial score (nSPS) is 20.4. The highest BCUT2D eigenvalue weighted by Gasteiger charge is 2.25. The molecule has 0 spiro atoms. The van der Waals surface area contributed by atoms with Crippen molar-refractivity contribution in [2.75, 3.05) is 13.7 Å². The molecular weight excluding hydrogens is 401 g/mol. The van der Waals surface area contributed by atoms with E-state index in [9.17, 15) is 13.2 Å². The van der Waals surface area contributed by atoms with Crippen molar-refractivity contribution in [2.45, 2.75) is 108 Å². The van der Waals surface area contributed by atoms with Gasteiger partial charge in [0, 0.05) is 34.5 Å². The summed E-state index contributed by atoms with van der Waals surface area (Å²) < 4.78 is 48.5. The standard InChI is InChI=1S/C25H41F3OSi/c1-3-4-5-7-10-22(26)19-23-24(27)17-21(18-25(23)28)20-11-15-30(16-12-20)14-9-6-8-13-29-2/h17-18,20,22,30H,3-16,19H2,1-2H3/t20?,22-,30?/m1/s1. The number of rotatable bonds is 14. The molecule has 0 aliphatic carbocycles. The Kier molecular flexibility index (Phi) is 12.1. The molecule has 30 heavy (non-hydrogen) atoms. The van der Waals surface area contributed by atoms with E-state index in [-0.39, 0.29) is 17.9 Å². The van der Waals surface area contributed by atoms with E-state index in [4.69, 9.17) is 4.74 Å². The average Bonchev–Trinajstić information content (AvgIpc) is 2.74. The summed E-state index contributed by atoms with van der Waals surface area (Å²) in [6, 6.07) is 6.89. The third kappa shape index (κ3) is 8.74. The summed E-state index contributed by atoms with van der Waals surface area (Å²) in [5.74, 6) is -0.854. The zero-order valence-corrected chi connectivity index (χ0v) is 20.2. The van der Waals surface area contributed by atoms with E-state index in [2.05, 4.69) is 6.92 Å². The largest absolute Gasteiger partial charge is 0.385 e. The summed E-state index contributed by atoms with van der Waals surface area (Å²) in [6.07, 6.45) is 8.82. The molecule has 0 amide bonds. The third-order valence-corrected chi connectivity index (χ3v) is 10.3. The van der Waals surface area contributed by atoms with E-state index in [1.165, 1.54) is 43.1 Å². The van der Waals surface area contributed by atoms with Crippen LogP contribution in [0.3, 0.4) is 0 Å². The van der Waals surface area contributed by atoms with Gasteiger partial charge >= 0.3 is 0 Å². The maximum absolute atomic E-state index is 14.6. The predicted molar refractivity (Wildman–Crippen MR) is 123 cm³/mol. The van der Waals surface area contributed by atoms with Crippen LogP contribution in [0.2, 0.25) is 18.1 Å². The number of halogens is 3. The van der Waals surface area contributed by atoms with Gasteiger partial charge in [0.05, 0.1) is 0 Å². The number of unbranched alkanes of at least 4 members (excludes halogenated alkanes) is 5. The molecule has 1 aromatic rings. The van der Waals surface area contributed by atoms with Crippen molar-refractivity contribution in [2.24, 2.45) is 0 Å². The third-order valence-electron chi connectivity index (χ3n) is 6.74. The summed E-state index contributed by atoms with van der Waals surface area (Å²) in [7, 11) is 1.06. The molecule has 1 aliphatic heterocycles. The van der Waals surface area contributed by atoms with Gasteiger partial charge in [-0.3, -0.25) is 0 Å². The van der Waals surface area contributed by atoms with Crippen LogP contribution in [0, 0.1) is 11.6 Å². The molecule has 0 saturated carbocycles. The van der Waals surface area contributed by atoms with Crippen LogP contribution in [0.25, 0.3) is 0 Å². The number of benzene rings is 1. The zero-order valence-electron chi connectivity index (χ0n) is 19.0. The van der Waals surface area contributed by atoms with Crippen LogP contribution in [0.15, 0.2) is 12.1 Å². The Balaban J connectivity index is 1.81. The molecule has 0 bridgehead atoms. The average molecular weight is 443 g/mol. The SMILES string of the molecule is CCCCCC[C@@H](F)Cc1c(F)cc(C2CC[SiH](CCCCCOC)CC2)cc1F. The van der Waals surface area contributed by atoms with Crippen molar-refractivity contribution in [3.05, 3.63) is 34.9 Å². The minimum absolute atomic E-state index is 0.0686. The predicted octanol–water partition coefficient (Wildman–Crippen LogP) is 7.74. The fraction of sp³-hybridized carbons (Fsp3) is 0.760. The lowest BCUT2D eigenvalue weighted by Crippen LogP contribution is -2.20. The Morgan fingerprint density at radius 3 is 2.30 bits per heavy atom. The highest BCUT2D eigenvalue weighted by atomic mass is 28.3. The Morgan fingerprint density at radius 1 is 1.00 bits per heavy atom. The highest BCUT2D eigenvalue weighted by Crippen LogP contribution is 2.36. The van der Waals surface area contributed by atoms with E-state index in [1.54, 1.807) is 7.11 Å². The summed E-state index contributed by atoms with van der Waals surface area (Å²) in [6.45, 7) is 2.96. The Labute approximate surface area is 183 Å². The van der Waals surface area contributed by atoms with Crippen molar-refractivity contribution in [1.29, 1.82) is 0 Å². The first-order valence-electron chi connectivity index (χ1n) is 12.2. The van der Waals surface area contributed by atoms with Gasteiger partial charge in [0.2, 0.25) is 0 Å². The molecule has 2 rings (SSSR count). The maximum atomic E-state index is 14.6. The van der Waals surface area contributed by atoms with Crippen LogP contribution >= 0.6 is 0 Å². The second-order valence-corrected chi connectivity index (χ2v) is 12.6. The van der Waals surface area contributed by atoms with E-state index < -0.39 is 26.6 Å². The lowest BCUT2D eigenvalue weighted by atomic mass is 9.91. The molecule has 0 radical (unpaired) electrons. The minimum Gasteiger partial charge on any atom is -0.385 e. The van der Waals surface area contributed by atoms with E-state index in [0.29, 0.717) is 6.42 Å². The van der Waals surface area contributed by atoms with E-state index in [1.807, 2.05) is 0 Å². The van der Waals surface area contributed by atoms with Crippen molar-refractivity contribution in [3.63, 3.8) is 0 Å². The Bertz CT molecular complexity index is 579. The number of hydrogen-bond donors (Lipinski definition) is 0. The van der Waals surface area contributed by atoms with Crippen molar-refractivity contribution in [1.82, 2.24) is 0 Å². The number of hydrogen-bond acceptors (Lipinski definition) is 1. The highest BCUT2D eigenvalue weighted by molar-refractivity contribution is 6.59. The first-order chi connectivity index (χ1) is 14.5. The Morgan fingerprint density at radius 2 is 1.67 bits per heavy atom. The van der Waals surface area contributed by atoms with Crippen LogP contribution in [-0.2, 0) is 11.2 Å². The first kappa shape index (κ1) is 25.4. The van der Waals surface area contributed by atoms with Gasteiger partial charge < -0.3 is 4.74 Å². The summed E-state index contributed by atoms with van der Waals surface area (Å²) in [4.78, 5) is 0. The monoisotopic (exact) mass is 442 g/mol. The number of alkyl halides is 1. The maximum Gasteiger partial charge on any atom is 0.129 e. The molecule has 5 heteroatoms. The van der Waals surface area contributed by atoms with Gasteiger partial charge in [-0.2, -0.15) is 0 Å². The lowest BCUT2D eigenvalue weighted by Gasteiger charge is -2.28. The van der Waals surface area contributed by atoms with Crippen molar-refractivity contribution < 1.29 is 17.9 Å². The van der Waals surface area contributed by atoms with Gasteiger partial charge in [-0.15, -0.1) is 0 Å². The van der Waals surface area contributed by atoms with Gasteiger partial charge in [0.1, 0.15) is 17.8 Å². The first-order valence-corrected chi connectivity index (χ1v) is 14.6. The second-order valence-electron chi connectivity index (χ2n) is 9.17. The lowest BCUT2D eigenvalue weighted by molar-refractivity contribution is 0.192. The molecule has 1 aliphatic rings. The molecule has 1 saturated heterocycles. The van der Waals surface area contributed by atoms with Crippen molar-refractivity contribution in [3.8, 4) is 0 Å². The molecule has 1 heterocycles. The molecule has 1 atom stereocenters. The van der Waals surface area contributed by atoms with Gasteiger partial charge in [-0.1, -0.05) is 63.6 Å². The van der Waals surface area contributed by atoms with Gasteiger partial charge in [-0.05, 0) is 49.3 Å². The topological polar surface area (TPSA) is 9.23 Å². The van der Waals surface area contributed by atoms with E-state index in [0.717, 1.165) is 57.1 Å². The molecule has 0 N–H and O–H groups in total. The van der Waals surface area contributed by atoms with Gasteiger partial charge in [0.15, 0.2) is 0 Å². The Hall–Kier alpha value is -0.813. The molecule has 1 nitrogen and oxygen atoms in total. The molecule has 0 aromatic heterocycles. The minimum atomic E-state index is -1.16. The second kappa shape index (κ2) is 14.3. The van der Waals surface area contributed by atoms with Crippen LogP contribution in [-0.4, -0.2) is 28.7 Å². The van der Waals surface area contributed by atoms with Crippen LogP contribution < -0.4 is 0 Å². The van der Waals surface area contributed by atoms with Crippen molar-refractivity contribution >= 4 is 8.80 Å². The quantitative estimate of drug-likeness (QED) is 0.211. The smallest absolute Gasteiger partial charge is 0.129 e.